The second-order valence-electron chi connectivity index (χ2n) is 3.97. The van der Waals surface area contributed by atoms with Crippen LogP contribution in [0.2, 0.25) is 0 Å². The number of aromatic hydroxyl groups is 1. The maximum atomic E-state index is 12.6. The number of phenolic OH excluding ortho intramolecular Hbond substituents is 1. The summed E-state index contributed by atoms with van der Waals surface area (Å²) in [6.45, 7) is 0. The summed E-state index contributed by atoms with van der Waals surface area (Å²) in [7, 11) is 0. The summed E-state index contributed by atoms with van der Waals surface area (Å²) in [5.74, 6) is -0.686. The predicted octanol–water partition coefficient (Wildman–Crippen LogP) is 4.00. The van der Waals surface area contributed by atoms with Crippen LogP contribution in [0.4, 0.5) is 13.2 Å². The molecule has 94 valence electrons. The molecule has 0 aliphatic rings. The fraction of sp³-hybridized carbons (Fsp3) is 0.143. The van der Waals surface area contributed by atoms with Crippen LogP contribution in [-0.4, -0.2) is 5.11 Å². The summed E-state index contributed by atoms with van der Waals surface area (Å²) >= 11 is 0. The predicted molar refractivity (Wildman–Crippen MR) is 62.4 cm³/mol. The molecular weight excluding hydrogens is 241 g/mol. The first-order chi connectivity index (χ1) is 8.48. The van der Waals surface area contributed by atoms with Crippen molar-refractivity contribution in [3.63, 3.8) is 0 Å². The minimum Gasteiger partial charge on any atom is -0.507 e. The number of hydrogen-bond donors (Lipinski definition) is 1. The van der Waals surface area contributed by atoms with Crippen LogP contribution in [0, 0.1) is 0 Å². The van der Waals surface area contributed by atoms with E-state index in [1.165, 1.54) is 12.1 Å². The van der Waals surface area contributed by atoms with Gasteiger partial charge in [-0.3, -0.25) is 0 Å². The molecule has 1 nitrogen and oxygen atoms in total. The van der Waals surface area contributed by atoms with Crippen molar-refractivity contribution in [2.45, 2.75) is 12.6 Å². The summed E-state index contributed by atoms with van der Waals surface area (Å²) in [4.78, 5) is 0. The zero-order valence-corrected chi connectivity index (χ0v) is 9.41. The standard InChI is InChI=1S/C14H11F3O/c15-14(16,17)12-8-4-7-11(13(12)18)9-10-5-2-1-3-6-10/h1-8,18H,9H2. The van der Waals surface area contributed by atoms with Crippen LogP contribution in [0.15, 0.2) is 48.5 Å². The second-order valence-corrected chi connectivity index (χ2v) is 3.97. The molecule has 0 unspecified atom stereocenters. The number of hydrogen-bond acceptors (Lipinski definition) is 1. The van der Waals surface area contributed by atoms with Crippen molar-refractivity contribution in [1.82, 2.24) is 0 Å². The molecule has 0 radical (unpaired) electrons. The van der Waals surface area contributed by atoms with Gasteiger partial charge in [-0.25, -0.2) is 0 Å². The Morgan fingerprint density at radius 1 is 0.889 bits per heavy atom. The second kappa shape index (κ2) is 4.72. The average Bonchev–Trinajstić information content (AvgIpc) is 2.32. The molecule has 0 bridgehead atoms. The molecule has 0 saturated carbocycles. The lowest BCUT2D eigenvalue weighted by Crippen LogP contribution is -2.06. The number of para-hydroxylation sites is 1. The molecule has 0 spiro atoms. The van der Waals surface area contributed by atoms with E-state index in [9.17, 15) is 18.3 Å². The Kier molecular flexibility index (Phi) is 3.28. The van der Waals surface area contributed by atoms with Crippen molar-refractivity contribution in [2.24, 2.45) is 0 Å². The van der Waals surface area contributed by atoms with E-state index in [0.29, 0.717) is 0 Å². The summed E-state index contributed by atoms with van der Waals surface area (Å²) in [5.41, 5.74) is 0.138. The molecule has 0 atom stereocenters. The Hall–Kier alpha value is -1.97. The molecule has 0 aromatic heterocycles. The van der Waals surface area contributed by atoms with Crippen molar-refractivity contribution in [1.29, 1.82) is 0 Å². The van der Waals surface area contributed by atoms with Crippen LogP contribution < -0.4 is 0 Å². The lowest BCUT2D eigenvalue weighted by Gasteiger charge is -2.12. The van der Waals surface area contributed by atoms with Crippen molar-refractivity contribution in [3.8, 4) is 5.75 Å². The Labute approximate surface area is 103 Å². The third kappa shape index (κ3) is 2.64. The van der Waals surface area contributed by atoms with Crippen molar-refractivity contribution in [3.05, 3.63) is 65.2 Å². The molecule has 0 heterocycles. The Balaban J connectivity index is 2.36. The molecule has 2 aromatic carbocycles. The van der Waals surface area contributed by atoms with Crippen molar-refractivity contribution >= 4 is 0 Å². The van der Waals surface area contributed by atoms with E-state index in [1.54, 1.807) is 24.3 Å². The Morgan fingerprint density at radius 2 is 1.56 bits per heavy atom. The van der Waals surface area contributed by atoms with Gasteiger partial charge in [0, 0.05) is 6.42 Å². The summed E-state index contributed by atoms with van der Waals surface area (Å²) in [5, 5.41) is 9.67. The molecule has 0 saturated heterocycles. The van der Waals surface area contributed by atoms with E-state index in [0.717, 1.165) is 11.6 Å². The van der Waals surface area contributed by atoms with Crippen LogP contribution in [-0.2, 0) is 12.6 Å². The smallest absolute Gasteiger partial charge is 0.419 e. The van der Waals surface area contributed by atoms with E-state index < -0.39 is 17.5 Å². The number of halogens is 3. The first-order valence-electron chi connectivity index (χ1n) is 5.40. The van der Waals surface area contributed by atoms with Gasteiger partial charge >= 0.3 is 6.18 Å². The van der Waals surface area contributed by atoms with Gasteiger partial charge in [0.2, 0.25) is 0 Å². The monoisotopic (exact) mass is 252 g/mol. The minimum absolute atomic E-state index is 0.274. The van der Waals surface area contributed by atoms with Gasteiger partial charge in [0.1, 0.15) is 5.75 Å². The fourth-order valence-electron chi connectivity index (χ4n) is 1.78. The zero-order chi connectivity index (χ0) is 13.2. The van der Waals surface area contributed by atoms with Crippen LogP contribution in [0.25, 0.3) is 0 Å². The van der Waals surface area contributed by atoms with Gasteiger partial charge in [-0.2, -0.15) is 13.2 Å². The molecule has 4 heteroatoms. The largest absolute Gasteiger partial charge is 0.507 e. The highest BCUT2D eigenvalue weighted by Gasteiger charge is 2.34. The number of rotatable bonds is 2. The van der Waals surface area contributed by atoms with Crippen molar-refractivity contribution in [2.75, 3.05) is 0 Å². The van der Waals surface area contributed by atoms with Gasteiger partial charge in [0.25, 0.3) is 0 Å². The van der Waals surface area contributed by atoms with E-state index in [4.69, 9.17) is 0 Å². The van der Waals surface area contributed by atoms with E-state index in [-0.39, 0.29) is 12.0 Å². The quantitative estimate of drug-likeness (QED) is 0.856. The minimum atomic E-state index is -4.53. The lowest BCUT2D eigenvalue weighted by molar-refractivity contribution is -0.138. The summed E-state index contributed by atoms with van der Waals surface area (Å²) < 4.78 is 37.8. The molecular formula is C14H11F3O. The number of phenols is 1. The van der Waals surface area contributed by atoms with Crippen molar-refractivity contribution < 1.29 is 18.3 Å². The first kappa shape index (κ1) is 12.5. The molecule has 18 heavy (non-hydrogen) atoms. The number of alkyl halides is 3. The fourth-order valence-corrected chi connectivity index (χ4v) is 1.78. The molecule has 0 aliphatic carbocycles. The topological polar surface area (TPSA) is 20.2 Å². The van der Waals surface area contributed by atoms with E-state index in [1.807, 2.05) is 6.07 Å². The highest BCUT2D eigenvalue weighted by Crippen LogP contribution is 2.37. The third-order valence-corrected chi connectivity index (χ3v) is 2.66. The maximum Gasteiger partial charge on any atom is 0.419 e. The molecule has 2 rings (SSSR count). The summed E-state index contributed by atoms with van der Waals surface area (Å²) in [6, 6.07) is 12.7. The maximum absolute atomic E-state index is 12.6. The molecule has 1 N–H and O–H groups in total. The Bertz CT molecular complexity index is 532. The third-order valence-electron chi connectivity index (χ3n) is 2.66. The molecule has 0 amide bonds. The van der Waals surface area contributed by atoms with Crippen LogP contribution in [0.5, 0.6) is 5.75 Å². The Morgan fingerprint density at radius 3 is 2.17 bits per heavy atom. The molecule has 0 aliphatic heterocycles. The normalized spacial score (nSPS) is 11.5. The van der Waals surface area contributed by atoms with Crippen LogP contribution in [0.3, 0.4) is 0 Å². The van der Waals surface area contributed by atoms with Crippen LogP contribution in [0.1, 0.15) is 16.7 Å². The number of benzene rings is 2. The van der Waals surface area contributed by atoms with E-state index >= 15 is 0 Å². The lowest BCUT2D eigenvalue weighted by atomic mass is 10.0. The average molecular weight is 252 g/mol. The highest BCUT2D eigenvalue weighted by atomic mass is 19.4. The van der Waals surface area contributed by atoms with Gasteiger partial charge in [-0.15, -0.1) is 0 Å². The zero-order valence-electron chi connectivity index (χ0n) is 9.41. The van der Waals surface area contributed by atoms with Gasteiger partial charge in [0.05, 0.1) is 5.56 Å². The molecule has 2 aromatic rings. The highest BCUT2D eigenvalue weighted by molar-refractivity contribution is 5.44. The van der Waals surface area contributed by atoms with Gasteiger partial charge in [-0.05, 0) is 17.2 Å². The van der Waals surface area contributed by atoms with Gasteiger partial charge in [0.15, 0.2) is 0 Å². The van der Waals surface area contributed by atoms with Gasteiger partial charge < -0.3 is 5.11 Å². The first-order valence-corrected chi connectivity index (χ1v) is 5.40. The van der Waals surface area contributed by atoms with Crippen LogP contribution >= 0.6 is 0 Å². The summed E-state index contributed by atoms with van der Waals surface area (Å²) in [6.07, 6.45) is -4.26. The van der Waals surface area contributed by atoms with E-state index in [2.05, 4.69) is 0 Å². The molecule has 0 fully saturated rings. The SMILES string of the molecule is Oc1c(Cc2ccccc2)cccc1C(F)(F)F. The van der Waals surface area contributed by atoms with Gasteiger partial charge in [-0.1, -0.05) is 42.5 Å².